The molecule has 4 aromatic rings. The summed E-state index contributed by atoms with van der Waals surface area (Å²) < 4.78 is 0. The molecule has 2 aliphatic carbocycles. The number of fused-ring (bicyclic) bond motifs is 4. The van der Waals surface area contributed by atoms with Gasteiger partial charge in [0.2, 0.25) is 11.8 Å². The number of phenolic OH excluding ortho intramolecular Hbond substituents is 1. The van der Waals surface area contributed by atoms with E-state index < -0.39 is 70.4 Å². The Labute approximate surface area is 298 Å². The summed E-state index contributed by atoms with van der Waals surface area (Å²) in [6.45, 7) is 3.69. The van der Waals surface area contributed by atoms with Crippen molar-refractivity contribution in [3.8, 4) is 11.5 Å². The standard InChI is InChI=1S/C41H35N3O8/c1-21-11-13-24(14-12-21)42-44-37(48)31-20-30-26(17-18-28-33(30)38(49)43(36(28)47)25-15-16-27(39(50)51)32(45)19-25)34(29-10-6-7-22(2)35(29)46)41(31,40(44)52)23-8-4-3-5-9-23/h3-17,19,28,30-31,33-34,42,45-46H,18,20H2,1-2H3,(H,50,51)/t28-,30+,31-,33-,34+,41+/m0/s1. The summed E-state index contributed by atoms with van der Waals surface area (Å²) in [6.07, 6.45) is 2.12. The Morgan fingerprint density at radius 2 is 1.56 bits per heavy atom. The number of phenols is 2. The van der Waals surface area contributed by atoms with E-state index in [9.17, 15) is 34.5 Å². The van der Waals surface area contributed by atoms with Crippen LogP contribution >= 0.6 is 0 Å². The number of nitrogens with zero attached hydrogens (tertiary/aromatic N) is 2. The largest absolute Gasteiger partial charge is 0.507 e. The highest BCUT2D eigenvalue weighted by atomic mass is 16.4. The minimum Gasteiger partial charge on any atom is -0.507 e. The molecule has 4 aliphatic rings. The van der Waals surface area contributed by atoms with Gasteiger partial charge < -0.3 is 15.3 Å². The van der Waals surface area contributed by atoms with E-state index >= 15 is 4.79 Å². The van der Waals surface area contributed by atoms with Gasteiger partial charge in [0.15, 0.2) is 0 Å². The zero-order valence-corrected chi connectivity index (χ0v) is 28.3. The monoisotopic (exact) mass is 697 g/mol. The second-order valence-corrected chi connectivity index (χ2v) is 14.1. The number of carboxylic acid groups (broad SMARTS) is 1. The van der Waals surface area contributed by atoms with Gasteiger partial charge in [-0.1, -0.05) is 77.9 Å². The van der Waals surface area contributed by atoms with Gasteiger partial charge in [0.05, 0.1) is 34.5 Å². The lowest BCUT2D eigenvalue weighted by atomic mass is 9.49. The van der Waals surface area contributed by atoms with Crippen molar-refractivity contribution in [3.05, 3.63) is 130 Å². The van der Waals surface area contributed by atoms with Crippen molar-refractivity contribution >= 4 is 41.0 Å². The Hall–Kier alpha value is -6.23. The molecule has 4 N–H and O–H groups in total. The first-order chi connectivity index (χ1) is 24.9. The summed E-state index contributed by atoms with van der Waals surface area (Å²) in [5, 5.41) is 32.6. The van der Waals surface area contributed by atoms with Crippen LogP contribution in [0.15, 0.2) is 103 Å². The van der Waals surface area contributed by atoms with Gasteiger partial charge in [0, 0.05) is 17.5 Å². The van der Waals surface area contributed by atoms with E-state index in [0.717, 1.165) is 27.6 Å². The quantitative estimate of drug-likeness (QED) is 0.148. The number of hydrogen-bond acceptors (Lipinski definition) is 8. The maximum atomic E-state index is 15.2. The van der Waals surface area contributed by atoms with Gasteiger partial charge in [-0.05, 0) is 68.0 Å². The SMILES string of the molecule is Cc1ccc(NN2C(=O)[C@@H]3C[C@@H]4C(=CC[C@@H]5C(=O)N(c6ccc(C(=O)O)c(O)c6)C(=O)[C@@H]54)[C@H](c4cccc(C)c4O)[C@]3(c3ccccc3)C2=O)cc1. The normalized spacial score (nSPS) is 26.5. The zero-order chi connectivity index (χ0) is 36.6. The summed E-state index contributed by atoms with van der Waals surface area (Å²) in [4.78, 5) is 71.0. The number of aryl methyl sites for hydroxylation is 2. The van der Waals surface area contributed by atoms with Crippen LogP contribution in [0.25, 0.3) is 0 Å². The van der Waals surface area contributed by atoms with Crippen molar-refractivity contribution in [1.29, 1.82) is 0 Å². The number of carboxylic acids is 1. The Morgan fingerprint density at radius 1 is 0.827 bits per heavy atom. The van der Waals surface area contributed by atoms with Crippen molar-refractivity contribution < 1.29 is 39.3 Å². The number of benzene rings is 4. The van der Waals surface area contributed by atoms with Crippen LogP contribution < -0.4 is 10.3 Å². The highest BCUT2D eigenvalue weighted by molar-refractivity contribution is 6.23. The van der Waals surface area contributed by atoms with Crippen LogP contribution in [0.5, 0.6) is 11.5 Å². The maximum Gasteiger partial charge on any atom is 0.339 e. The van der Waals surface area contributed by atoms with E-state index in [-0.39, 0.29) is 29.8 Å². The predicted molar refractivity (Wildman–Crippen MR) is 189 cm³/mol. The van der Waals surface area contributed by atoms with Crippen LogP contribution in [0.1, 0.15) is 51.4 Å². The van der Waals surface area contributed by atoms with Crippen LogP contribution in [0.4, 0.5) is 11.4 Å². The Balaban J connectivity index is 1.30. The molecule has 0 radical (unpaired) electrons. The molecule has 262 valence electrons. The van der Waals surface area contributed by atoms with Crippen LogP contribution in [0.3, 0.4) is 0 Å². The molecule has 2 aliphatic heterocycles. The van der Waals surface area contributed by atoms with Gasteiger partial charge in [-0.25, -0.2) is 9.69 Å². The molecule has 1 saturated carbocycles. The first-order valence-corrected chi connectivity index (χ1v) is 17.1. The Bertz CT molecular complexity index is 2230. The number of para-hydroxylation sites is 1. The molecular weight excluding hydrogens is 662 g/mol. The number of anilines is 2. The van der Waals surface area contributed by atoms with Gasteiger partial charge in [-0.15, -0.1) is 0 Å². The second kappa shape index (κ2) is 11.9. The van der Waals surface area contributed by atoms with E-state index in [4.69, 9.17) is 0 Å². The highest BCUT2D eigenvalue weighted by Gasteiger charge is 2.70. The number of aromatic hydroxyl groups is 2. The number of aromatic carboxylic acids is 1. The molecule has 0 aromatic heterocycles. The number of hydrogen-bond donors (Lipinski definition) is 4. The summed E-state index contributed by atoms with van der Waals surface area (Å²) in [6, 6.07) is 25.2. The fourth-order valence-electron chi connectivity index (χ4n) is 9.10. The number of hydrazine groups is 1. The summed E-state index contributed by atoms with van der Waals surface area (Å²) >= 11 is 0. The highest BCUT2D eigenvalue weighted by Crippen LogP contribution is 2.65. The summed E-state index contributed by atoms with van der Waals surface area (Å²) in [5.74, 6) is -8.28. The van der Waals surface area contributed by atoms with Crippen LogP contribution in [0, 0.1) is 37.5 Å². The van der Waals surface area contributed by atoms with Crippen molar-refractivity contribution in [1.82, 2.24) is 5.01 Å². The van der Waals surface area contributed by atoms with Crippen LogP contribution in [-0.4, -0.2) is 49.9 Å². The molecule has 52 heavy (non-hydrogen) atoms. The third-order valence-corrected chi connectivity index (χ3v) is 11.4. The Morgan fingerprint density at radius 3 is 2.25 bits per heavy atom. The third kappa shape index (κ3) is 4.61. The van der Waals surface area contributed by atoms with E-state index in [1.54, 1.807) is 37.3 Å². The van der Waals surface area contributed by atoms with Crippen molar-refractivity contribution in [2.24, 2.45) is 23.7 Å². The van der Waals surface area contributed by atoms with Crippen LogP contribution in [-0.2, 0) is 24.6 Å². The number of amides is 4. The lowest BCUT2D eigenvalue weighted by Crippen LogP contribution is -2.53. The number of imide groups is 2. The van der Waals surface area contributed by atoms with Gasteiger partial charge in [-0.2, -0.15) is 5.01 Å². The van der Waals surface area contributed by atoms with E-state index in [0.29, 0.717) is 28.0 Å². The third-order valence-electron chi connectivity index (χ3n) is 11.4. The fraction of sp³-hybridized carbons (Fsp3) is 0.244. The molecule has 3 fully saturated rings. The first-order valence-electron chi connectivity index (χ1n) is 17.1. The topological polar surface area (TPSA) is 165 Å². The van der Waals surface area contributed by atoms with Gasteiger partial charge in [0.25, 0.3) is 11.8 Å². The second-order valence-electron chi connectivity index (χ2n) is 14.1. The average Bonchev–Trinajstić information content (AvgIpc) is 3.51. The summed E-state index contributed by atoms with van der Waals surface area (Å²) in [7, 11) is 0. The Kier molecular flexibility index (Phi) is 7.56. The number of carbonyl (C=O) groups is 5. The molecule has 0 unspecified atom stereocenters. The maximum absolute atomic E-state index is 15.2. The van der Waals surface area contributed by atoms with Crippen molar-refractivity contribution in [2.75, 3.05) is 10.3 Å². The molecule has 0 bridgehead atoms. The average molecular weight is 698 g/mol. The predicted octanol–water partition coefficient (Wildman–Crippen LogP) is 5.60. The van der Waals surface area contributed by atoms with Gasteiger partial charge in [-0.3, -0.25) is 24.6 Å². The summed E-state index contributed by atoms with van der Waals surface area (Å²) in [5.41, 5.74) is 5.01. The number of rotatable bonds is 6. The molecule has 8 rings (SSSR count). The minimum absolute atomic E-state index is 0.0279. The molecule has 2 saturated heterocycles. The molecule has 4 aromatic carbocycles. The molecule has 2 heterocycles. The van der Waals surface area contributed by atoms with Gasteiger partial charge in [0.1, 0.15) is 17.1 Å². The van der Waals surface area contributed by atoms with E-state index in [2.05, 4.69) is 5.43 Å². The van der Waals surface area contributed by atoms with Gasteiger partial charge >= 0.3 is 5.97 Å². The van der Waals surface area contributed by atoms with Crippen molar-refractivity contribution in [2.45, 2.75) is 38.0 Å². The molecular formula is C41H35N3O8. The van der Waals surface area contributed by atoms with E-state index in [1.165, 1.54) is 6.07 Å². The molecule has 4 amide bonds. The first kappa shape index (κ1) is 32.9. The fourth-order valence-corrected chi connectivity index (χ4v) is 9.10. The lowest BCUT2D eigenvalue weighted by molar-refractivity contribution is -0.138. The zero-order valence-electron chi connectivity index (χ0n) is 28.3. The molecule has 0 spiro atoms. The molecule has 6 atom stereocenters. The lowest BCUT2D eigenvalue weighted by Gasteiger charge is -2.50. The number of nitrogens with one attached hydrogen (secondary N) is 1. The van der Waals surface area contributed by atoms with E-state index in [1.807, 2.05) is 55.5 Å². The minimum atomic E-state index is -1.53. The van der Waals surface area contributed by atoms with Crippen LogP contribution in [0.2, 0.25) is 0 Å². The number of allylic oxidation sites excluding steroid dienone is 2. The smallest absolute Gasteiger partial charge is 0.339 e. The number of carbonyl (C=O) groups excluding carboxylic acids is 4. The molecule has 11 heteroatoms. The van der Waals surface area contributed by atoms with Crippen molar-refractivity contribution in [3.63, 3.8) is 0 Å². The molecule has 11 nitrogen and oxygen atoms in total.